The molecule has 142 valence electrons. The highest BCUT2D eigenvalue weighted by Crippen LogP contribution is 2.36. The first kappa shape index (κ1) is 20.7. The van der Waals surface area contributed by atoms with Gasteiger partial charge in [-0.3, -0.25) is 0 Å². The Morgan fingerprint density at radius 2 is 1.50 bits per heavy atom. The van der Waals surface area contributed by atoms with E-state index in [-0.39, 0.29) is 24.8 Å². The van der Waals surface area contributed by atoms with E-state index < -0.39 is 17.3 Å². The highest BCUT2D eigenvalue weighted by Gasteiger charge is 2.35. The molecule has 1 fully saturated rings. The van der Waals surface area contributed by atoms with Gasteiger partial charge >= 0.3 is 6.18 Å². The Bertz CT molecular complexity index is 695. The monoisotopic (exact) mass is 389 g/mol. The fraction of sp³-hybridized carbons (Fsp3) is 0.368. The third-order valence-electron chi connectivity index (χ3n) is 4.58. The van der Waals surface area contributed by atoms with Crippen molar-refractivity contribution in [2.24, 2.45) is 0 Å². The molecule has 2 nitrogen and oxygen atoms in total. The zero-order chi connectivity index (χ0) is 17.9. The topological polar surface area (TPSA) is 21.3 Å². The van der Waals surface area contributed by atoms with E-state index in [0.717, 1.165) is 43.6 Å². The fourth-order valence-corrected chi connectivity index (χ4v) is 3.11. The Labute approximate surface area is 156 Å². The molecule has 0 atom stereocenters. The molecule has 3 rings (SSSR count). The van der Waals surface area contributed by atoms with Crippen LogP contribution in [-0.4, -0.2) is 13.1 Å². The summed E-state index contributed by atoms with van der Waals surface area (Å²) in [7, 11) is 0. The molecular formula is C19H20ClF4NO. The average molecular weight is 390 g/mol. The number of ether oxygens (including phenoxy) is 1. The van der Waals surface area contributed by atoms with Gasteiger partial charge in [0.05, 0.1) is 17.8 Å². The van der Waals surface area contributed by atoms with Crippen LogP contribution in [0.1, 0.15) is 29.5 Å². The Kier molecular flexibility index (Phi) is 6.66. The van der Waals surface area contributed by atoms with E-state index in [2.05, 4.69) is 5.32 Å². The van der Waals surface area contributed by atoms with Crippen LogP contribution < -0.4 is 5.32 Å². The van der Waals surface area contributed by atoms with Crippen molar-refractivity contribution in [3.05, 3.63) is 71.0 Å². The van der Waals surface area contributed by atoms with Gasteiger partial charge in [0.25, 0.3) is 0 Å². The van der Waals surface area contributed by atoms with Gasteiger partial charge in [-0.2, -0.15) is 13.2 Å². The molecule has 0 radical (unpaired) electrons. The largest absolute Gasteiger partial charge is 0.416 e. The van der Waals surface area contributed by atoms with E-state index in [1.807, 2.05) is 0 Å². The maximum absolute atomic E-state index is 13.2. The summed E-state index contributed by atoms with van der Waals surface area (Å²) in [4.78, 5) is 0. The minimum absolute atomic E-state index is 0. The van der Waals surface area contributed by atoms with Crippen molar-refractivity contribution in [2.75, 3.05) is 13.1 Å². The first-order valence-electron chi connectivity index (χ1n) is 8.16. The Balaban J connectivity index is 0.00000243. The quantitative estimate of drug-likeness (QED) is 0.738. The highest BCUT2D eigenvalue weighted by atomic mass is 35.5. The maximum atomic E-state index is 13.2. The molecule has 0 unspecified atom stereocenters. The van der Waals surface area contributed by atoms with Crippen molar-refractivity contribution in [2.45, 2.75) is 31.2 Å². The summed E-state index contributed by atoms with van der Waals surface area (Å²) >= 11 is 0. The lowest BCUT2D eigenvalue weighted by molar-refractivity contribution is -0.137. The van der Waals surface area contributed by atoms with Crippen LogP contribution in [-0.2, 0) is 23.1 Å². The van der Waals surface area contributed by atoms with Gasteiger partial charge in [0.15, 0.2) is 0 Å². The number of nitrogens with one attached hydrogen (secondary N) is 1. The molecule has 2 aromatic carbocycles. The van der Waals surface area contributed by atoms with Crippen molar-refractivity contribution >= 4 is 12.4 Å². The van der Waals surface area contributed by atoms with Crippen LogP contribution in [0.2, 0.25) is 0 Å². The van der Waals surface area contributed by atoms with E-state index in [0.29, 0.717) is 5.56 Å². The van der Waals surface area contributed by atoms with E-state index in [9.17, 15) is 17.6 Å². The molecule has 7 heteroatoms. The van der Waals surface area contributed by atoms with Gasteiger partial charge in [-0.25, -0.2) is 4.39 Å². The normalized spacial score (nSPS) is 16.8. The summed E-state index contributed by atoms with van der Waals surface area (Å²) in [5.41, 5.74) is 0.337. The molecule has 0 saturated carbocycles. The molecule has 0 aromatic heterocycles. The van der Waals surface area contributed by atoms with E-state index in [4.69, 9.17) is 4.74 Å². The van der Waals surface area contributed by atoms with Gasteiger partial charge in [0.2, 0.25) is 0 Å². The van der Waals surface area contributed by atoms with Crippen LogP contribution in [0.15, 0.2) is 48.5 Å². The van der Waals surface area contributed by atoms with Crippen LogP contribution in [0.25, 0.3) is 0 Å². The van der Waals surface area contributed by atoms with Crippen LogP contribution >= 0.6 is 12.4 Å². The lowest BCUT2D eigenvalue weighted by Crippen LogP contribution is -2.41. The summed E-state index contributed by atoms with van der Waals surface area (Å²) in [6, 6.07) is 11.2. The fourth-order valence-electron chi connectivity index (χ4n) is 3.11. The SMILES string of the molecule is Cl.Fc1ccc(C2(OCc3ccc(C(F)(F)F)cc3)CCNCC2)cc1. The Hall–Kier alpha value is -1.63. The zero-order valence-corrected chi connectivity index (χ0v) is 14.8. The number of piperidine rings is 1. The predicted molar refractivity (Wildman–Crippen MR) is 93.7 cm³/mol. The zero-order valence-electron chi connectivity index (χ0n) is 14.0. The summed E-state index contributed by atoms with van der Waals surface area (Å²) in [5.74, 6) is -0.310. The molecule has 26 heavy (non-hydrogen) atoms. The van der Waals surface area contributed by atoms with Gasteiger partial charge in [-0.15, -0.1) is 12.4 Å². The first-order chi connectivity index (χ1) is 11.9. The van der Waals surface area contributed by atoms with Crippen molar-refractivity contribution in [3.8, 4) is 0 Å². The lowest BCUT2D eigenvalue weighted by Gasteiger charge is -2.38. The molecule has 1 N–H and O–H groups in total. The number of hydrogen-bond acceptors (Lipinski definition) is 2. The second-order valence-corrected chi connectivity index (χ2v) is 6.23. The highest BCUT2D eigenvalue weighted by molar-refractivity contribution is 5.85. The smallest absolute Gasteiger partial charge is 0.366 e. The molecule has 0 amide bonds. The second-order valence-electron chi connectivity index (χ2n) is 6.23. The molecule has 0 aliphatic carbocycles. The standard InChI is InChI=1S/C19H19F4NO.ClH/c20-17-7-5-15(6-8-17)18(9-11-24-12-10-18)25-13-14-1-3-16(4-2-14)19(21,22)23;/h1-8,24H,9-13H2;1H. The van der Waals surface area contributed by atoms with Crippen molar-refractivity contribution in [1.29, 1.82) is 0 Å². The molecular weight excluding hydrogens is 370 g/mol. The molecule has 0 spiro atoms. The first-order valence-corrected chi connectivity index (χ1v) is 8.16. The third kappa shape index (κ3) is 4.75. The van der Waals surface area contributed by atoms with Crippen molar-refractivity contribution < 1.29 is 22.3 Å². The van der Waals surface area contributed by atoms with Gasteiger partial charge < -0.3 is 10.1 Å². The van der Waals surface area contributed by atoms with Crippen molar-refractivity contribution in [1.82, 2.24) is 5.32 Å². The van der Waals surface area contributed by atoms with Gasteiger partial charge in [0, 0.05) is 0 Å². The van der Waals surface area contributed by atoms with E-state index in [1.54, 1.807) is 12.1 Å². The molecule has 1 aliphatic heterocycles. The number of benzene rings is 2. The van der Waals surface area contributed by atoms with Crippen LogP contribution in [0.4, 0.5) is 17.6 Å². The van der Waals surface area contributed by atoms with Crippen molar-refractivity contribution in [3.63, 3.8) is 0 Å². The molecule has 0 bridgehead atoms. The number of hydrogen-bond donors (Lipinski definition) is 1. The Morgan fingerprint density at radius 3 is 2.04 bits per heavy atom. The summed E-state index contributed by atoms with van der Waals surface area (Å²) in [5, 5.41) is 3.26. The van der Waals surface area contributed by atoms with Gasteiger partial charge in [-0.1, -0.05) is 24.3 Å². The number of alkyl halides is 3. The van der Waals surface area contributed by atoms with E-state index in [1.165, 1.54) is 24.3 Å². The average Bonchev–Trinajstić information content (AvgIpc) is 2.61. The molecule has 2 aromatic rings. The van der Waals surface area contributed by atoms with E-state index >= 15 is 0 Å². The van der Waals surface area contributed by atoms with Gasteiger partial charge in [-0.05, 0) is 61.3 Å². The third-order valence-corrected chi connectivity index (χ3v) is 4.58. The molecule has 1 aliphatic rings. The lowest BCUT2D eigenvalue weighted by atomic mass is 9.84. The summed E-state index contributed by atoms with van der Waals surface area (Å²) in [6.07, 6.45) is -2.90. The number of halogens is 5. The predicted octanol–water partition coefficient (Wildman–Crippen LogP) is 5.06. The minimum atomic E-state index is -4.34. The Morgan fingerprint density at radius 1 is 0.923 bits per heavy atom. The molecule has 1 saturated heterocycles. The van der Waals surface area contributed by atoms with Crippen LogP contribution in [0, 0.1) is 5.82 Å². The van der Waals surface area contributed by atoms with Crippen LogP contribution in [0.5, 0.6) is 0 Å². The minimum Gasteiger partial charge on any atom is -0.366 e. The summed E-state index contributed by atoms with van der Waals surface area (Å²) in [6.45, 7) is 1.74. The van der Waals surface area contributed by atoms with Gasteiger partial charge in [0.1, 0.15) is 5.82 Å². The molecule has 1 heterocycles. The maximum Gasteiger partial charge on any atom is 0.416 e. The second kappa shape index (κ2) is 8.37. The summed E-state index contributed by atoms with van der Waals surface area (Å²) < 4.78 is 57.3. The van der Waals surface area contributed by atoms with Crippen LogP contribution in [0.3, 0.4) is 0 Å². The number of rotatable bonds is 4.